The summed E-state index contributed by atoms with van der Waals surface area (Å²) in [5.74, 6) is 1.41. The van der Waals surface area contributed by atoms with Gasteiger partial charge in [-0.25, -0.2) is 0 Å². The molecule has 1 amide bonds. The van der Waals surface area contributed by atoms with Gasteiger partial charge < -0.3 is 16.0 Å². The Bertz CT molecular complexity index is 767. The second-order valence-corrected chi connectivity index (χ2v) is 9.41. The van der Waals surface area contributed by atoms with Crippen molar-refractivity contribution in [1.82, 2.24) is 16.0 Å². The second-order valence-electron chi connectivity index (χ2n) is 9.41. The molecule has 0 radical (unpaired) electrons. The molecule has 2 aliphatic rings. The Hall–Kier alpha value is -2.28. The molecule has 2 aliphatic heterocycles. The lowest BCUT2D eigenvalue weighted by atomic mass is 9.93. The van der Waals surface area contributed by atoms with Crippen LogP contribution in [-0.4, -0.2) is 49.9 Å². The molecule has 0 saturated heterocycles. The lowest BCUT2D eigenvalue weighted by Crippen LogP contribution is -2.39. The van der Waals surface area contributed by atoms with E-state index in [0.717, 1.165) is 69.4 Å². The zero-order chi connectivity index (χ0) is 24.1. The summed E-state index contributed by atoms with van der Waals surface area (Å²) in [4.78, 5) is 33.3. The van der Waals surface area contributed by atoms with E-state index in [4.69, 9.17) is 0 Å². The van der Waals surface area contributed by atoms with Crippen LogP contribution in [0.5, 0.6) is 0 Å². The van der Waals surface area contributed by atoms with Gasteiger partial charge in [-0.15, -0.1) is 0 Å². The number of hydrogen-bond acceptors (Lipinski definition) is 5. The summed E-state index contributed by atoms with van der Waals surface area (Å²) < 4.78 is 0. The van der Waals surface area contributed by atoms with E-state index in [1.807, 2.05) is 26.3 Å². The molecular weight excluding hydrogens is 414 g/mol. The molecule has 0 aromatic carbocycles. The van der Waals surface area contributed by atoms with E-state index in [0.29, 0.717) is 18.9 Å². The van der Waals surface area contributed by atoms with Gasteiger partial charge in [-0.05, 0) is 83.2 Å². The first-order valence-electron chi connectivity index (χ1n) is 12.6. The van der Waals surface area contributed by atoms with Crippen LogP contribution in [0.3, 0.4) is 0 Å². The maximum Gasteiger partial charge on any atom is 0.230 e. The quantitative estimate of drug-likeness (QED) is 0.365. The van der Waals surface area contributed by atoms with Gasteiger partial charge >= 0.3 is 0 Å². The molecule has 184 valence electrons. The highest BCUT2D eigenvalue weighted by Crippen LogP contribution is 2.22. The Balaban J connectivity index is 1.62. The van der Waals surface area contributed by atoms with Gasteiger partial charge in [0, 0.05) is 37.6 Å². The number of amidine groups is 1. The number of nitrogens with zero attached hydrogens (tertiary/aromatic N) is 2. The Labute approximate surface area is 199 Å². The molecule has 7 nitrogen and oxygen atoms in total. The highest BCUT2D eigenvalue weighted by molar-refractivity contribution is 6.03. The summed E-state index contributed by atoms with van der Waals surface area (Å²) in [5, 5.41) is 9.49. The van der Waals surface area contributed by atoms with Crippen LogP contribution in [0.25, 0.3) is 0 Å². The number of aliphatic imine (C=N–C) groups is 2. The van der Waals surface area contributed by atoms with Crippen LogP contribution >= 0.6 is 0 Å². The number of amides is 1. The third-order valence-electron chi connectivity index (χ3n) is 6.16. The predicted octanol–water partition coefficient (Wildman–Crippen LogP) is 3.92. The number of ketones is 1. The highest BCUT2D eigenvalue weighted by Gasteiger charge is 2.26. The Morgan fingerprint density at radius 3 is 2.79 bits per heavy atom. The first-order valence-corrected chi connectivity index (χ1v) is 12.6. The summed E-state index contributed by atoms with van der Waals surface area (Å²) in [7, 11) is 1.68. The molecule has 33 heavy (non-hydrogen) atoms. The van der Waals surface area contributed by atoms with Crippen molar-refractivity contribution in [2.45, 2.75) is 84.6 Å². The summed E-state index contributed by atoms with van der Waals surface area (Å²) in [5.41, 5.74) is 2.51. The average molecular weight is 458 g/mol. The molecular formula is C26H43N5O2. The van der Waals surface area contributed by atoms with E-state index in [1.54, 1.807) is 7.05 Å². The standard InChI is InChI=1S/C26H43N5O2/c1-19(2)30-25-24(26(33)27-4)13-8-11-22(31-25)10-5-6-15-28-18-23(32)12-7-9-21-17-29-16-14-20(21)3/h11,16-17,19-20,24,28H,5-10,12-15,18H2,1-4H3,(H,27,33)(H,30,31). The fourth-order valence-electron chi connectivity index (χ4n) is 4.19. The number of Topliss-reactive ketones (excluding diaryl/α,β-unsaturated/α-hetero) is 1. The molecule has 0 bridgehead atoms. The number of unbranched alkanes of at least 4 members (excludes halogenated alkanes) is 1. The molecule has 2 atom stereocenters. The van der Waals surface area contributed by atoms with Crippen molar-refractivity contribution in [3.8, 4) is 0 Å². The lowest BCUT2D eigenvalue weighted by molar-refractivity contribution is -0.122. The lowest BCUT2D eigenvalue weighted by Gasteiger charge is -2.19. The number of rotatable bonds is 13. The summed E-state index contributed by atoms with van der Waals surface area (Å²) in [6.07, 6.45) is 14.2. The molecule has 0 aromatic heterocycles. The number of nitrogens with one attached hydrogen (secondary N) is 3. The summed E-state index contributed by atoms with van der Waals surface area (Å²) >= 11 is 0. The Morgan fingerprint density at radius 1 is 1.24 bits per heavy atom. The third kappa shape index (κ3) is 10.0. The predicted molar refractivity (Wildman–Crippen MR) is 137 cm³/mol. The fourth-order valence-corrected chi connectivity index (χ4v) is 4.19. The first kappa shape index (κ1) is 27.0. The molecule has 2 unspecified atom stereocenters. The third-order valence-corrected chi connectivity index (χ3v) is 6.16. The van der Waals surface area contributed by atoms with E-state index in [2.05, 4.69) is 38.9 Å². The van der Waals surface area contributed by atoms with Gasteiger partial charge in [-0.1, -0.05) is 13.0 Å². The van der Waals surface area contributed by atoms with Crippen LogP contribution in [-0.2, 0) is 9.59 Å². The van der Waals surface area contributed by atoms with Gasteiger partial charge in [0.05, 0.1) is 12.5 Å². The highest BCUT2D eigenvalue weighted by atomic mass is 16.1. The second kappa shape index (κ2) is 14.8. The van der Waals surface area contributed by atoms with Crippen LogP contribution in [0, 0.1) is 11.8 Å². The number of allylic oxidation sites excluding steroid dienone is 3. The molecule has 3 N–H and O–H groups in total. The van der Waals surface area contributed by atoms with Crippen LogP contribution in [0.2, 0.25) is 0 Å². The normalized spacial score (nSPS) is 21.9. The molecule has 2 heterocycles. The van der Waals surface area contributed by atoms with Crippen LogP contribution in [0.15, 0.2) is 33.5 Å². The van der Waals surface area contributed by atoms with Crippen molar-refractivity contribution in [3.63, 3.8) is 0 Å². The van der Waals surface area contributed by atoms with Gasteiger partial charge in [-0.2, -0.15) is 0 Å². The zero-order valence-electron chi connectivity index (χ0n) is 21.0. The van der Waals surface area contributed by atoms with Crippen molar-refractivity contribution in [3.05, 3.63) is 23.5 Å². The van der Waals surface area contributed by atoms with Crippen molar-refractivity contribution < 1.29 is 9.59 Å². The molecule has 0 spiro atoms. The van der Waals surface area contributed by atoms with Crippen molar-refractivity contribution >= 4 is 23.7 Å². The largest absolute Gasteiger partial charge is 0.359 e. The van der Waals surface area contributed by atoms with E-state index in [-0.39, 0.29) is 23.7 Å². The molecule has 0 saturated carbocycles. The monoisotopic (exact) mass is 457 g/mol. The number of hydrogen-bond donors (Lipinski definition) is 3. The molecule has 0 aliphatic carbocycles. The maximum atomic E-state index is 12.3. The van der Waals surface area contributed by atoms with Crippen molar-refractivity contribution in [1.29, 1.82) is 0 Å². The van der Waals surface area contributed by atoms with Crippen molar-refractivity contribution in [2.24, 2.45) is 21.8 Å². The molecule has 7 heteroatoms. The molecule has 0 aromatic rings. The van der Waals surface area contributed by atoms with E-state index >= 15 is 0 Å². The van der Waals surface area contributed by atoms with Gasteiger partial charge in [-0.3, -0.25) is 19.6 Å². The molecule has 0 fully saturated rings. The topological polar surface area (TPSA) is 95.0 Å². The van der Waals surface area contributed by atoms with Crippen LogP contribution in [0.4, 0.5) is 0 Å². The summed E-state index contributed by atoms with van der Waals surface area (Å²) in [6, 6.07) is 0.136. The minimum absolute atomic E-state index is 0.0175. The van der Waals surface area contributed by atoms with Gasteiger partial charge in [0.25, 0.3) is 0 Å². The minimum Gasteiger partial charge on any atom is -0.359 e. The van der Waals surface area contributed by atoms with E-state index in [9.17, 15) is 9.59 Å². The van der Waals surface area contributed by atoms with Crippen LogP contribution in [0.1, 0.15) is 78.6 Å². The van der Waals surface area contributed by atoms with Crippen LogP contribution < -0.4 is 16.0 Å². The van der Waals surface area contributed by atoms with Gasteiger partial charge in [0.2, 0.25) is 5.91 Å². The Kier molecular flexibility index (Phi) is 12.1. The number of carbonyl (C=O) groups is 2. The van der Waals surface area contributed by atoms with Crippen molar-refractivity contribution in [2.75, 3.05) is 20.1 Å². The maximum absolute atomic E-state index is 12.3. The van der Waals surface area contributed by atoms with Gasteiger partial charge in [0.15, 0.2) is 0 Å². The van der Waals surface area contributed by atoms with E-state index < -0.39 is 0 Å². The van der Waals surface area contributed by atoms with E-state index in [1.165, 1.54) is 5.57 Å². The number of carbonyl (C=O) groups excluding carboxylic acids is 2. The SMILES string of the molecule is CNC(=O)C1CCC=C(CCCCNCC(=O)CCCC2=CN=CCC2C)NC1=NC(C)C. The zero-order valence-corrected chi connectivity index (χ0v) is 21.0. The average Bonchev–Trinajstić information content (AvgIpc) is 2.98. The fraction of sp³-hybridized carbons (Fsp3) is 0.692. The first-order chi connectivity index (χ1) is 15.9. The smallest absolute Gasteiger partial charge is 0.230 e. The van der Waals surface area contributed by atoms with Gasteiger partial charge in [0.1, 0.15) is 11.6 Å². The summed E-state index contributed by atoms with van der Waals surface area (Å²) in [6.45, 7) is 7.56. The minimum atomic E-state index is -0.218. The Morgan fingerprint density at radius 2 is 2.06 bits per heavy atom. The molecule has 2 rings (SSSR count).